The largest absolute Gasteiger partial charge is 1.00 e. The molecule has 0 aromatic heterocycles. The van der Waals surface area contributed by atoms with Crippen LogP contribution >= 0.6 is 0 Å². The molecule has 1 rings (SSSR count). The minimum atomic E-state index is 0. The summed E-state index contributed by atoms with van der Waals surface area (Å²) in [7, 11) is 3.87. The molecule has 0 saturated heterocycles. The molecule has 0 heterocycles. The van der Waals surface area contributed by atoms with E-state index in [0.717, 1.165) is 18.5 Å². The molecule has 0 N–H and O–H groups in total. The van der Waals surface area contributed by atoms with Crippen LogP contribution in [0.3, 0.4) is 0 Å². The van der Waals surface area contributed by atoms with Crippen molar-refractivity contribution in [1.82, 2.24) is 5.01 Å². The summed E-state index contributed by atoms with van der Waals surface area (Å²) in [6.07, 6.45) is 8.65. The van der Waals surface area contributed by atoms with Gasteiger partial charge in [-0.15, -0.1) is 5.70 Å². The zero-order chi connectivity index (χ0) is 7.40. The van der Waals surface area contributed by atoms with Crippen LogP contribution in [0.2, 0.25) is 0 Å². The van der Waals surface area contributed by atoms with E-state index < -0.39 is 0 Å². The van der Waals surface area contributed by atoms with Crippen LogP contribution in [0.25, 0.3) is 5.43 Å². The van der Waals surface area contributed by atoms with Crippen LogP contribution in [-0.4, -0.2) is 19.1 Å². The van der Waals surface area contributed by atoms with Crippen molar-refractivity contribution < 1.29 is 18.9 Å². The van der Waals surface area contributed by atoms with Gasteiger partial charge >= 0.3 is 18.9 Å². The molecule has 0 aromatic rings. The van der Waals surface area contributed by atoms with E-state index in [1.165, 1.54) is 0 Å². The van der Waals surface area contributed by atoms with E-state index in [9.17, 15) is 0 Å². The second kappa shape index (κ2) is 5.48. The topological polar surface area (TPSA) is 17.3 Å². The third-order valence-electron chi connectivity index (χ3n) is 1.29. The van der Waals surface area contributed by atoms with Gasteiger partial charge in [0.25, 0.3) is 0 Å². The van der Waals surface area contributed by atoms with Gasteiger partial charge in [0, 0.05) is 0 Å². The molecule has 2 nitrogen and oxygen atoms in total. The molecular formula is C8H13LiN2. The van der Waals surface area contributed by atoms with Crippen molar-refractivity contribution >= 4 is 0 Å². The van der Waals surface area contributed by atoms with Gasteiger partial charge in [-0.2, -0.15) is 0 Å². The standard InChI is InChI=1S/C8H13N2.Li/c1-10(2)9-8-6-4-3-5-7-8;/h4,6-7H,3,5H2,1-2H3;/q-1;+1. The van der Waals surface area contributed by atoms with Crippen LogP contribution in [0, 0.1) is 0 Å². The Morgan fingerprint density at radius 3 is 2.55 bits per heavy atom. The van der Waals surface area contributed by atoms with E-state index in [1.807, 2.05) is 19.1 Å². The van der Waals surface area contributed by atoms with Crippen LogP contribution in [0.5, 0.6) is 0 Å². The van der Waals surface area contributed by atoms with Gasteiger partial charge < -0.3 is 10.4 Å². The number of allylic oxidation sites excluding steroid dienone is 3. The van der Waals surface area contributed by atoms with Gasteiger partial charge in [-0.1, -0.05) is 18.2 Å². The van der Waals surface area contributed by atoms with Crippen molar-refractivity contribution in [3.05, 3.63) is 29.4 Å². The first-order valence-electron chi connectivity index (χ1n) is 3.55. The Balaban J connectivity index is 0.000001000. The summed E-state index contributed by atoms with van der Waals surface area (Å²) in [5, 5.41) is 1.82. The molecule has 0 spiro atoms. The first-order chi connectivity index (χ1) is 4.79. The normalized spacial score (nSPS) is 15.7. The van der Waals surface area contributed by atoms with Gasteiger partial charge in [-0.25, -0.2) is 0 Å². The minimum Gasteiger partial charge on any atom is -0.621 e. The van der Waals surface area contributed by atoms with E-state index >= 15 is 0 Å². The zero-order valence-corrected chi connectivity index (χ0v) is 7.54. The Morgan fingerprint density at radius 1 is 1.36 bits per heavy atom. The minimum absolute atomic E-state index is 0. The van der Waals surface area contributed by atoms with E-state index in [2.05, 4.69) is 23.7 Å². The van der Waals surface area contributed by atoms with Crippen molar-refractivity contribution in [2.45, 2.75) is 12.8 Å². The van der Waals surface area contributed by atoms with Crippen molar-refractivity contribution in [2.75, 3.05) is 14.1 Å². The summed E-state index contributed by atoms with van der Waals surface area (Å²) in [5.41, 5.74) is 5.32. The van der Waals surface area contributed by atoms with Gasteiger partial charge in [0.05, 0.1) is 0 Å². The molecule has 0 amide bonds. The summed E-state index contributed by atoms with van der Waals surface area (Å²) < 4.78 is 0. The monoisotopic (exact) mass is 144 g/mol. The number of hydrogen-bond acceptors (Lipinski definition) is 1. The molecule has 1 aliphatic carbocycles. The van der Waals surface area contributed by atoms with Crippen molar-refractivity contribution in [3.63, 3.8) is 0 Å². The van der Waals surface area contributed by atoms with E-state index in [0.29, 0.717) is 0 Å². The molecule has 0 bridgehead atoms. The molecule has 1 aliphatic rings. The SMILES string of the molecule is CN(C)[N-]C1=CCCC=C1.[Li+]. The molecule has 56 valence electrons. The average molecular weight is 144 g/mol. The van der Waals surface area contributed by atoms with Crippen LogP contribution in [0.1, 0.15) is 12.8 Å². The zero-order valence-electron chi connectivity index (χ0n) is 7.54. The van der Waals surface area contributed by atoms with Crippen molar-refractivity contribution in [3.8, 4) is 0 Å². The Morgan fingerprint density at radius 2 is 2.09 bits per heavy atom. The fraction of sp³-hybridized carbons (Fsp3) is 0.500. The van der Waals surface area contributed by atoms with Gasteiger partial charge in [-0.05, 0) is 26.9 Å². The van der Waals surface area contributed by atoms with Gasteiger partial charge in [0.1, 0.15) is 0 Å². The second-order valence-corrected chi connectivity index (χ2v) is 2.56. The molecule has 0 atom stereocenters. The maximum absolute atomic E-state index is 4.24. The first kappa shape index (κ1) is 10.8. The number of rotatable bonds is 2. The van der Waals surface area contributed by atoms with Gasteiger partial charge in [0.2, 0.25) is 0 Å². The number of hydrogen-bond donors (Lipinski definition) is 0. The summed E-state index contributed by atoms with van der Waals surface area (Å²) in [5.74, 6) is 0. The smallest absolute Gasteiger partial charge is 0.621 e. The maximum Gasteiger partial charge on any atom is 1.00 e. The fourth-order valence-corrected chi connectivity index (χ4v) is 0.905. The predicted molar refractivity (Wildman–Crippen MR) is 43.5 cm³/mol. The van der Waals surface area contributed by atoms with E-state index in [1.54, 1.807) is 0 Å². The molecule has 3 heteroatoms. The second-order valence-electron chi connectivity index (χ2n) is 2.56. The summed E-state index contributed by atoms with van der Waals surface area (Å²) in [4.78, 5) is 0. The Bertz CT molecular complexity index is 161. The molecule has 0 aliphatic heterocycles. The van der Waals surface area contributed by atoms with Gasteiger partial charge in [0.15, 0.2) is 0 Å². The molecule has 0 aromatic carbocycles. The summed E-state index contributed by atoms with van der Waals surface area (Å²) in [6.45, 7) is 0. The summed E-state index contributed by atoms with van der Waals surface area (Å²) in [6, 6.07) is 0. The quantitative estimate of drug-likeness (QED) is 0.362. The molecule has 0 saturated carbocycles. The third kappa shape index (κ3) is 4.31. The molecule has 11 heavy (non-hydrogen) atoms. The Labute approximate surface area is 80.5 Å². The number of nitrogens with zero attached hydrogens (tertiary/aromatic N) is 2. The first-order valence-corrected chi connectivity index (χ1v) is 3.55. The Hall–Kier alpha value is -0.163. The maximum atomic E-state index is 4.24. The Kier molecular flexibility index (Phi) is 5.40. The van der Waals surface area contributed by atoms with Crippen LogP contribution in [0.4, 0.5) is 0 Å². The van der Waals surface area contributed by atoms with Crippen molar-refractivity contribution in [2.24, 2.45) is 0 Å². The van der Waals surface area contributed by atoms with Crippen LogP contribution < -0.4 is 18.9 Å². The predicted octanol–water partition coefficient (Wildman–Crippen LogP) is -0.925. The van der Waals surface area contributed by atoms with Crippen molar-refractivity contribution in [1.29, 1.82) is 0 Å². The van der Waals surface area contributed by atoms with E-state index in [4.69, 9.17) is 0 Å². The average Bonchev–Trinajstić information content (AvgIpc) is 1.88. The molecule has 0 fully saturated rings. The fourth-order valence-electron chi connectivity index (χ4n) is 0.905. The third-order valence-corrected chi connectivity index (χ3v) is 1.29. The molecule has 0 radical (unpaired) electrons. The van der Waals surface area contributed by atoms with Crippen LogP contribution in [0.15, 0.2) is 23.9 Å². The molecular weight excluding hydrogens is 131 g/mol. The van der Waals surface area contributed by atoms with E-state index in [-0.39, 0.29) is 18.9 Å². The molecule has 0 unspecified atom stereocenters. The van der Waals surface area contributed by atoms with Crippen LogP contribution in [-0.2, 0) is 0 Å². The summed E-state index contributed by atoms with van der Waals surface area (Å²) >= 11 is 0. The van der Waals surface area contributed by atoms with Gasteiger partial charge in [-0.3, -0.25) is 0 Å².